The van der Waals surface area contributed by atoms with Crippen LogP contribution in [0.25, 0.3) is 0 Å². The number of hydrogen-bond acceptors (Lipinski definition) is 3. The van der Waals surface area contributed by atoms with Gasteiger partial charge in [0.05, 0.1) is 10.7 Å². The molecule has 1 aliphatic rings. The van der Waals surface area contributed by atoms with Crippen molar-refractivity contribution in [1.82, 2.24) is 10.3 Å². The number of aryl methyl sites for hydroxylation is 3. The van der Waals surface area contributed by atoms with Crippen LogP contribution in [0, 0.1) is 17.5 Å². The van der Waals surface area contributed by atoms with E-state index in [0.717, 1.165) is 24.3 Å². The van der Waals surface area contributed by atoms with Gasteiger partial charge in [-0.1, -0.05) is 0 Å². The highest BCUT2D eigenvalue weighted by atomic mass is 32.1. The molecule has 1 N–H and O–H groups in total. The first-order valence-electron chi connectivity index (χ1n) is 7.95. The van der Waals surface area contributed by atoms with E-state index in [4.69, 9.17) is 0 Å². The molecule has 1 aromatic carbocycles. The van der Waals surface area contributed by atoms with E-state index in [-0.39, 0.29) is 5.56 Å². The summed E-state index contributed by atoms with van der Waals surface area (Å²) in [6.07, 6.45) is 6.00. The first-order valence-corrected chi connectivity index (χ1v) is 8.76. The van der Waals surface area contributed by atoms with E-state index in [1.807, 2.05) is 0 Å². The molecule has 0 unspecified atom stereocenters. The van der Waals surface area contributed by atoms with Gasteiger partial charge in [0, 0.05) is 23.4 Å². The fraction of sp³-hybridized carbons (Fsp3) is 0.412. The molecule has 1 amide bonds. The molecule has 3 rings (SSSR count). The molecule has 3 nitrogen and oxygen atoms in total. The summed E-state index contributed by atoms with van der Waals surface area (Å²) in [7, 11) is 0. The van der Waals surface area contributed by atoms with Crippen molar-refractivity contribution in [2.24, 2.45) is 0 Å². The molecule has 0 aliphatic heterocycles. The van der Waals surface area contributed by atoms with Crippen LogP contribution in [0.1, 0.15) is 45.2 Å². The Kier molecular flexibility index (Phi) is 5.18. The lowest BCUT2D eigenvalue weighted by Crippen LogP contribution is -2.25. The molecule has 128 valence electrons. The van der Waals surface area contributed by atoms with Crippen LogP contribution in [0.3, 0.4) is 0 Å². The van der Waals surface area contributed by atoms with Crippen LogP contribution in [0.4, 0.5) is 13.2 Å². The van der Waals surface area contributed by atoms with Crippen LogP contribution >= 0.6 is 11.3 Å². The number of hydrogen-bond donors (Lipinski definition) is 1. The molecule has 1 aromatic heterocycles. The molecule has 24 heavy (non-hydrogen) atoms. The van der Waals surface area contributed by atoms with E-state index in [1.165, 1.54) is 23.4 Å². The molecular formula is C17H17F3N2OS. The number of amides is 1. The predicted molar refractivity (Wildman–Crippen MR) is 85.7 cm³/mol. The van der Waals surface area contributed by atoms with E-state index in [9.17, 15) is 18.0 Å². The maximum absolute atomic E-state index is 13.1. The number of aromatic nitrogens is 1. The Morgan fingerprint density at radius 3 is 2.58 bits per heavy atom. The summed E-state index contributed by atoms with van der Waals surface area (Å²) >= 11 is 1.73. The third-order valence-electron chi connectivity index (χ3n) is 3.99. The van der Waals surface area contributed by atoms with E-state index in [2.05, 4.69) is 10.3 Å². The van der Waals surface area contributed by atoms with Gasteiger partial charge in [0.2, 0.25) is 0 Å². The summed E-state index contributed by atoms with van der Waals surface area (Å²) < 4.78 is 39.1. The zero-order valence-corrected chi connectivity index (χ0v) is 13.8. The van der Waals surface area contributed by atoms with Crippen molar-refractivity contribution in [2.45, 2.75) is 38.5 Å². The van der Waals surface area contributed by atoms with Gasteiger partial charge in [-0.3, -0.25) is 4.79 Å². The van der Waals surface area contributed by atoms with E-state index in [0.29, 0.717) is 25.1 Å². The highest BCUT2D eigenvalue weighted by Gasteiger charge is 2.16. The maximum Gasteiger partial charge on any atom is 0.251 e. The zero-order valence-electron chi connectivity index (χ0n) is 13.0. The number of thiazole rings is 1. The fourth-order valence-corrected chi connectivity index (χ4v) is 3.94. The fourth-order valence-electron chi connectivity index (χ4n) is 2.74. The largest absolute Gasteiger partial charge is 0.352 e. The SMILES string of the molecule is O=C(NCCCc1nc2c(s1)CCCC2)c1cc(F)c(F)c(F)c1. The minimum absolute atomic E-state index is 0.226. The van der Waals surface area contributed by atoms with Crippen molar-refractivity contribution in [3.05, 3.63) is 50.7 Å². The molecule has 2 aromatic rings. The minimum Gasteiger partial charge on any atom is -0.352 e. The van der Waals surface area contributed by atoms with E-state index >= 15 is 0 Å². The highest BCUT2D eigenvalue weighted by molar-refractivity contribution is 7.11. The molecule has 0 atom stereocenters. The first-order chi connectivity index (χ1) is 11.5. The summed E-state index contributed by atoms with van der Waals surface area (Å²) in [6.45, 7) is 0.365. The summed E-state index contributed by atoms with van der Waals surface area (Å²) in [5.41, 5.74) is 0.985. The second-order valence-electron chi connectivity index (χ2n) is 5.80. The van der Waals surface area contributed by atoms with Gasteiger partial charge in [-0.15, -0.1) is 11.3 Å². The molecule has 1 aliphatic carbocycles. The van der Waals surface area contributed by atoms with Gasteiger partial charge in [-0.05, 0) is 44.2 Å². The van der Waals surface area contributed by atoms with Crippen molar-refractivity contribution in [3.63, 3.8) is 0 Å². The Morgan fingerprint density at radius 2 is 1.88 bits per heavy atom. The van der Waals surface area contributed by atoms with Gasteiger partial charge >= 0.3 is 0 Å². The normalized spacial score (nSPS) is 13.6. The third kappa shape index (κ3) is 3.77. The number of carbonyl (C=O) groups is 1. The van der Waals surface area contributed by atoms with Crippen molar-refractivity contribution >= 4 is 17.2 Å². The van der Waals surface area contributed by atoms with Crippen LogP contribution in [-0.2, 0) is 19.3 Å². The van der Waals surface area contributed by atoms with Crippen LogP contribution < -0.4 is 5.32 Å². The van der Waals surface area contributed by atoms with Gasteiger partial charge in [0.25, 0.3) is 5.91 Å². The topological polar surface area (TPSA) is 42.0 Å². The molecule has 0 radical (unpaired) electrons. The quantitative estimate of drug-likeness (QED) is 0.655. The second-order valence-corrected chi connectivity index (χ2v) is 6.97. The minimum atomic E-state index is -1.57. The molecule has 0 saturated carbocycles. The smallest absolute Gasteiger partial charge is 0.251 e. The number of rotatable bonds is 5. The van der Waals surface area contributed by atoms with Gasteiger partial charge in [-0.25, -0.2) is 18.2 Å². The number of nitrogens with zero attached hydrogens (tertiary/aromatic N) is 1. The van der Waals surface area contributed by atoms with Crippen molar-refractivity contribution in [2.75, 3.05) is 6.54 Å². The van der Waals surface area contributed by atoms with Crippen molar-refractivity contribution in [3.8, 4) is 0 Å². The number of fused-ring (bicyclic) bond motifs is 1. The third-order valence-corrected chi connectivity index (χ3v) is 5.21. The van der Waals surface area contributed by atoms with Crippen LogP contribution in [0.5, 0.6) is 0 Å². The number of benzene rings is 1. The Labute approximate surface area is 141 Å². The van der Waals surface area contributed by atoms with Crippen LogP contribution in [0.15, 0.2) is 12.1 Å². The Morgan fingerprint density at radius 1 is 1.17 bits per heavy atom. The zero-order chi connectivity index (χ0) is 17.1. The molecule has 0 spiro atoms. The average Bonchev–Trinajstić information content (AvgIpc) is 2.98. The van der Waals surface area contributed by atoms with Gasteiger partial charge in [0.15, 0.2) is 17.5 Å². The van der Waals surface area contributed by atoms with Gasteiger partial charge in [-0.2, -0.15) is 0 Å². The maximum atomic E-state index is 13.1. The molecule has 0 bridgehead atoms. The van der Waals surface area contributed by atoms with Crippen molar-refractivity contribution in [1.29, 1.82) is 0 Å². The number of halogens is 3. The predicted octanol–water partition coefficient (Wildman–Crippen LogP) is 3.80. The van der Waals surface area contributed by atoms with Gasteiger partial charge < -0.3 is 5.32 Å². The molecular weight excluding hydrogens is 337 g/mol. The summed E-state index contributed by atoms with van der Waals surface area (Å²) in [5.74, 6) is -4.92. The van der Waals surface area contributed by atoms with E-state index < -0.39 is 23.4 Å². The summed E-state index contributed by atoms with van der Waals surface area (Å²) in [6, 6.07) is 1.39. The first kappa shape index (κ1) is 17.0. The highest BCUT2D eigenvalue weighted by Crippen LogP contribution is 2.27. The monoisotopic (exact) mass is 354 g/mol. The molecule has 0 saturated heterocycles. The summed E-state index contributed by atoms with van der Waals surface area (Å²) in [5, 5.41) is 3.65. The Bertz CT molecular complexity index is 714. The van der Waals surface area contributed by atoms with Crippen LogP contribution in [-0.4, -0.2) is 17.4 Å². The molecule has 1 heterocycles. The van der Waals surface area contributed by atoms with Gasteiger partial charge in [0.1, 0.15) is 0 Å². The number of nitrogens with one attached hydrogen (secondary N) is 1. The number of carbonyl (C=O) groups excluding carboxylic acids is 1. The average molecular weight is 354 g/mol. The standard InChI is InChI=1S/C17H17F3N2OS/c18-11-8-10(9-12(19)16(11)20)17(23)21-7-3-6-15-22-13-4-1-2-5-14(13)24-15/h8-9H,1-7H2,(H,21,23). The van der Waals surface area contributed by atoms with Crippen LogP contribution in [0.2, 0.25) is 0 Å². The molecule has 7 heteroatoms. The second kappa shape index (κ2) is 7.34. The van der Waals surface area contributed by atoms with E-state index in [1.54, 1.807) is 11.3 Å². The lowest BCUT2D eigenvalue weighted by atomic mass is 10.0. The Balaban J connectivity index is 1.49. The molecule has 0 fully saturated rings. The van der Waals surface area contributed by atoms with Crippen molar-refractivity contribution < 1.29 is 18.0 Å². The lowest BCUT2D eigenvalue weighted by Gasteiger charge is -2.06. The summed E-state index contributed by atoms with van der Waals surface area (Å²) in [4.78, 5) is 17.8. The lowest BCUT2D eigenvalue weighted by molar-refractivity contribution is 0.0952. The Hall–Kier alpha value is -1.89.